The van der Waals surface area contributed by atoms with Crippen molar-refractivity contribution < 1.29 is 9.31 Å². The average Bonchev–Trinajstić information content (AvgIpc) is 2.63. The zero-order valence-corrected chi connectivity index (χ0v) is 13.8. The SMILES string of the molecule is CCC(C)C(N=Nc1ccc(F)cc1)N=Nc1ccc([N+](=O)[O-])cn1. The highest BCUT2D eigenvalue weighted by molar-refractivity contribution is 5.36. The van der Waals surface area contributed by atoms with Crippen molar-refractivity contribution in [2.75, 3.05) is 0 Å². The summed E-state index contributed by atoms with van der Waals surface area (Å²) in [4.78, 5) is 13.9. The van der Waals surface area contributed by atoms with Crippen LogP contribution in [0.25, 0.3) is 0 Å². The van der Waals surface area contributed by atoms with Crippen molar-refractivity contribution in [2.45, 2.75) is 26.4 Å². The third kappa shape index (κ3) is 5.48. The standard InChI is InChI=1S/C16H17FN6O2/c1-3-11(2)16(21-19-13-6-4-12(17)5-7-13)22-20-15-9-8-14(10-18-15)23(24)25/h4-11,16H,3H2,1-2H3. The molecule has 0 aliphatic rings. The molecule has 0 amide bonds. The molecule has 2 unspecified atom stereocenters. The van der Waals surface area contributed by atoms with Crippen LogP contribution < -0.4 is 0 Å². The summed E-state index contributed by atoms with van der Waals surface area (Å²) in [7, 11) is 0. The van der Waals surface area contributed by atoms with Crippen LogP contribution in [0, 0.1) is 21.8 Å². The lowest BCUT2D eigenvalue weighted by Crippen LogP contribution is -2.11. The Morgan fingerprint density at radius 3 is 2.40 bits per heavy atom. The second-order valence-electron chi connectivity index (χ2n) is 5.34. The van der Waals surface area contributed by atoms with Crippen LogP contribution in [0.4, 0.5) is 21.6 Å². The third-order valence-corrected chi connectivity index (χ3v) is 3.49. The lowest BCUT2D eigenvalue weighted by molar-refractivity contribution is -0.385. The minimum absolute atomic E-state index is 0.0750. The molecular formula is C16H17FN6O2. The quantitative estimate of drug-likeness (QED) is 0.383. The van der Waals surface area contributed by atoms with Crippen LogP contribution in [0.3, 0.4) is 0 Å². The molecule has 0 N–H and O–H groups in total. The number of hydrogen-bond donors (Lipinski definition) is 0. The molecule has 2 aromatic rings. The number of azo groups is 2. The normalized spacial score (nSPS) is 14.0. The first-order valence-electron chi connectivity index (χ1n) is 7.67. The van der Waals surface area contributed by atoms with Gasteiger partial charge in [0, 0.05) is 12.0 Å². The zero-order chi connectivity index (χ0) is 18.2. The number of nitrogens with zero attached hydrogens (tertiary/aromatic N) is 6. The Labute approximate surface area is 143 Å². The van der Waals surface area contributed by atoms with Crippen molar-refractivity contribution in [2.24, 2.45) is 26.4 Å². The van der Waals surface area contributed by atoms with E-state index in [1.807, 2.05) is 13.8 Å². The first-order chi connectivity index (χ1) is 12.0. The van der Waals surface area contributed by atoms with Gasteiger partial charge in [0.25, 0.3) is 5.69 Å². The highest BCUT2D eigenvalue weighted by atomic mass is 19.1. The van der Waals surface area contributed by atoms with E-state index in [2.05, 4.69) is 25.4 Å². The first-order valence-corrected chi connectivity index (χ1v) is 7.67. The highest BCUT2D eigenvalue weighted by Crippen LogP contribution is 2.21. The van der Waals surface area contributed by atoms with E-state index in [1.54, 1.807) is 0 Å². The number of rotatable bonds is 7. The predicted molar refractivity (Wildman–Crippen MR) is 89.6 cm³/mol. The Hall–Kier alpha value is -3.10. The maximum Gasteiger partial charge on any atom is 0.287 e. The minimum atomic E-state index is -0.535. The van der Waals surface area contributed by atoms with Gasteiger partial charge < -0.3 is 0 Å². The van der Waals surface area contributed by atoms with E-state index < -0.39 is 11.1 Å². The lowest BCUT2D eigenvalue weighted by Gasteiger charge is -2.11. The minimum Gasteiger partial charge on any atom is -0.258 e. The maximum absolute atomic E-state index is 12.9. The van der Waals surface area contributed by atoms with Crippen molar-refractivity contribution in [1.29, 1.82) is 0 Å². The van der Waals surface area contributed by atoms with E-state index >= 15 is 0 Å². The molecule has 0 saturated carbocycles. The summed E-state index contributed by atoms with van der Waals surface area (Å²) in [6.07, 6.45) is 1.39. The molecule has 2 rings (SSSR count). The Morgan fingerprint density at radius 2 is 1.84 bits per heavy atom. The molecule has 0 aliphatic heterocycles. The van der Waals surface area contributed by atoms with Crippen molar-refractivity contribution in [1.82, 2.24) is 4.98 Å². The molecule has 8 nitrogen and oxygen atoms in total. The summed E-state index contributed by atoms with van der Waals surface area (Å²) in [5.74, 6) is -0.0248. The second kappa shape index (κ2) is 8.67. The van der Waals surface area contributed by atoms with Gasteiger partial charge in [-0.1, -0.05) is 13.8 Å². The van der Waals surface area contributed by atoms with Crippen LogP contribution in [0.1, 0.15) is 20.3 Å². The summed E-state index contributed by atoms with van der Waals surface area (Å²) in [5, 5.41) is 26.9. The smallest absolute Gasteiger partial charge is 0.258 e. The van der Waals surface area contributed by atoms with E-state index in [0.29, 0.717) is 5.69 Å². The molecule has 2 atom stereocenters. The average molecular weight is 344 g/mol. The Morgan fingerprint density at radius 1 is 1.16 bits per heavy atom. The third-order valence-electron chi connectivity index (χ3n) is 3.49. The Balaban J connectivity index is 2.13. The molecule has 9 heteroatoms. The number of hydrogen-bond acceptors (Lipinski definition) is 7. The van der Waals surface area contributed by atoms with Crippen LogP contribution in [-0.4, -0.2) is 16.1 Å². The van der Waals surface area contributed by atoms with Crippen molar-refractivity contribution in [3.05, 3.63) is 58.5 Å². The van der Waals surface area contributed by atoms with Crippen LogP contribution in [0.15, 0.2) is 63.1 Å². The van der Waals surface area contributed by atoms with Gasteiger partial charge in [-0.25, -0.2) is 9.37 Å². The van der Waals surface area contributed by atoms with Gasteiger partial charge in [-0.15, -0.1) is 5.11 Å². The van der Waals surface area contributed by atoms with Gasteiger partial charge in [-0.3, -0.25) is 10.1 Å². The molecule has 1 aromatic carbocycles. The Kier molecular flexibility index (Phi) is 6.33. The molecule has 0 fully saturated rings. The van der Waals surface area contributed by atoms with Gasteiger partial charge in [0.2, 0.25) is 0 Å². The van der Waals surface area contributed by atoms with Crippen LogP contribution in [0.5, 0.6) is 0 Å². The van der Waals surface area contributed by atoms with Crippen LogP contribution >= 0.6 is 0 Å². The fourth-order valence-electron chi connectivity index (χ4n) is 1.76. The summed E-state index contributed by atoms with van der Waals surface area (Å²) >= 11 is 0. The van der Waals surface area contributed by atoms with Gasteiger partial charge in [0.15, 0.2) is 12.0 Å². The summed E-state index contributed by atoms with van der Waals surface area (Å²) in [6.45, 7) is 3.95. The number of halogens is 1. The van der Waals surface area contributed by atoms with Gasteiger partial charge in [-0.05, 0) is 36.8 Å². The summed E-state index contributed by atoms with van der Waals surface area (Å²) in [5.41, 5.74) is 0.395. The monoisotopic (exact) mass is 344 g/mol. The molecule has 0 bridgehead atoms. The van der Waals surface area contributed by atoms with Crippen molar-refractivity contribution in [3.8, 4) is 0 Å². The van der Waals surface area contributed by atoms with Gasteiger partial charge >= 0.3 is 0 Å². The fourth-order valence-corrected chi connectivity index (χ4v) is 1.76. The zero-order valence-electron chi connectivity index (χ0n) is 13.8. The maximum atomic E-state index is 12.9. The Bertz CT molecular complexity index is 761. The number of pyridine rings is 1. The van der Waals surface area contributed by atoms with Crippen LogP contribution in [0.2, 0.25) is 0 Å². The van der Waals surface area contributed by atoms with E-state index in [1.165, 1.54) is 36.4 Å². The van der Waals surface area contributed by atoms with E-state index in [4.69, 9.17) is 0 Å². The van der Waals surface area contributed by atoms with E-state index in [9.17, 15) is 14.5 Å². The molecule has 25 heavy (non-hydrogen) atoms. The van der Waals surface area contributed by atoms with Gasteiger partial charge in [0.05, 0.1) is 10.6 Å². The molecule has 1 aromatic heterocycles. The second-order valence-corrected chi connectivity index (χ2v) is 5.34. The molecule has 0 radical (unpaired) electrons. The molecule has 130 valence electrons. The van der Waals surface area contributed by atoms with Gasteiger partial charge in [-0.2, -0.15) is 15.3 Å². The molecule has 0 spiro atoms. The number of aromatic nitrogens is 1. The molecule has 1 heterocycles. The van der Waals surface area contributed by atoms with E-state index in [-0.39, 0.29) is 23.2 Å². The highest BCUT2D eigenvalue weighted by Gasteiger charge is 2.14. The topological polar surface area (TPSA) is 105 Å². The lowest BCUT2D eigenvalue weighted by atomic mass is 10.1. The molecule has 0 aliphatic carbocycles. The largest absolute Gasteiger partial charge is 0.287 e. The summed E-state index contributed by atoms with van der Waals surface area (Å²) in [6, 6.07) is 8.35. The first kappa shape index (κ1) is 18.2. The number of benzene rings is 1. The van der Waals surface area contributed by atoms with E-state index in [0.717, 1.165) is 12.6 Å². The van der Waals surface area contributed by atoms with Gasteiger partial charge in [0.1, 0.15) is 12.0 Å². The van der Waals surface area contributed by atoms with Crippen molar-refractivity contribution >= 4 is 17.2 Å². The molecular weight excluding hydrogens is 327 g/mol. The summed E-state index contributed by atoms with van der Waals surface area (Å²) < 4.78 is 12.9. The van der Waals surface area contributed by atoms with Crippen molar-refractivity contribution in [3.63, 3.8) is 0 Å². The molecule has 0 saturated heterocycles. The fraction of sp³-hybridized carbons (Fsp3) is 0.312. The number of nitro groups is 1. The predicted octanol–water partition coefficient (Wildman–Crippen LogP) is 5.37. The van der Waals surface area contributed by atoms with Crippen LogP contribution in [-0.2, 0) is 0 Å².